The zero-order valence-corrected chi connectivity index (χ0v) is 10.8. The van der Waals surface area contributed by atoms with Crippen molar-refractivity contribution in [3.8, 4) is 0 Å². The number of hydrogen-bond donors (Lipinski definition) is 2. The molecule has 1 aliphatic rings. The molecule has 0 amide bonds. The van der Waals surface area contributed by atoms with Crippen molar-refractivity contribution in [2.45, 2.75) is 32.7 Å². The lowest BCUT2D eigenvalue weighted by Crippen LogP contribution is -2.30. The van der Waals surface area contributed by atoms with Crippen LogP contribution in [0.1, 0.15) is 30.0 Å². The van der Waals surface area contributed by atoms with Crippen molar-refractivity contribution in [2.24, 2.45) is 5.73 Å². The van der Waals surface area contributed by atoms with Crippen molar-refractivity contribution in [3.05, 3.63) is 40.5 Å². The molecule has 1 aliphatic carbocycles. The summed E-state index contributed by atoms with van der Waals surface area (Å²) >= 11 is 0. The second-order valence-corrected chi connectivity index (χ2v) is 4.92. The molecule has 2 rings (SSSR count). The summed E-state index contributed by atoms with van der Waals surface area (Å²) in [5.41, 5.74) is 11.2. The average molecular weight is 230 g/mol. The highest BCUT2D eigenvalue weighted by Gasteiger charge is 2.16. The van der Waals surface area contributed by atoms with E-state index < -0.39 is 0 Å². The van der Waals surface area contributed by atoms with Crippen molar-refractivity contribution in [1.29, 1.82) is 0 Å². The van der Waals surface area contributed by atoms with Gasteiger partial charge in [0.25, 0.3) is 0 Å². The summed E-state index contributed by atoms with van der Waals surface area (Å²) in [4.78, 5) is 0. The summed E-state index contributed by atoms with van der Waals surface area (Å²) < 4.78 is 0. The van der Waals surface area contributed by atoms with E-state index in [1.807, 2.05) is 0 Å². The summed E-state index contributed by atoms with van der Waals surface area (Å²) in [5, 5.41) is 3.53. The first-order valence-corrected chi connectivity index (χ1v) is 6.44. The van der Waals surface area contributed by atoms with E-state index in [1.165, 1.54) is 22.3 Å². The molecule has 0 heterocycles. The molecule has 0 radical (unpaired) electrons. The Balaban J connectivity index is 1.99. The second kappa shape index (κ2) is 5.48. The van der Waals surface area contributed by atoms with Crippen molar-refractivity contribution >= 4 is 6.08 Å². The van der Waals surface area contributed by atoms with Crippen LogP contribution in [-0.4, -0.2) is 19.1 Å². The van der Waals surface area contributed by atoms with Gasteiger partial charge in [0, 0.05) is 6.04 Å². The molecule has 1 atom stereocenters. The number of nitrogens with one attached hydrogen (secondary N) is 1. The monoisotopic (exact) mass is 230 g/mol. The Morgan fingerprint density at radius 2 is 2.24 bits per heavy atom. The van der Waals surface area contributed by atoms with E-state index in [2.05, 4.69) is 43.4 Å². The Hall–Kier alpha value is -1.12. The molecule has 1 aromatic carbocycles. The van der Waals surface area contributed by atoms with Crippen molar-refractivity contribution in [2.75, 3.05) is 13.1 Å². The average Bonchev–Trinajstić information content (AvgIpc) is 2.72. The van der Waals surface area contributed by atoms with Gasteiger partial charge in [-0.15, -0.1) is 0 Å². The fourth-order valence-corrected chi connectivity index (χ4v) is 2.31. The van der Waals surface area contributed by atoms with Gasteiger partial charge in [-0.05, 0) is 56.5 Å². The lowest BCUT2D eigenvalue weighted by Gasteiger charge is -2.14. The van der Waals surface area contributed by atoms with Crippen LogP contribution in [0.15, 0.2) is 23.8 Å². The van der Waals surface area contributed by atoms with E-state index in [-0.39, 0.29) is 0 Å². The first-order chi connectivity index (χ1) is 8.20. The molecular weight excluding hydrogens is 208 g/mol. The van der Waals surface area contributed by atoms with Crippen LogP contribution in [0.2, 0.25) is 0 Å². The van der Waals surface area contributed by atoms with Gasteiger partial charge in [-0.3, -0.25) is 0 Å². The van der Waals surface area contributed by atoms with E-state index >= 15 is 0 Å². The van der Waals surface area contributed by atoms with Crippen molar-refractivity contribution < 1.29 is 0 Å². The third-order valence-electron chi connectivity index (χ3n) is 3.42. The number of benzene rings is 1. The number of hydrogen-bond acceptors (Lipinski definition) is 2. The Labute approximate surface area is 104 Å². The molecule has 3 N–H and O–H groups in total. The van der Waals surface area contributed by atoms with Gasteiger partial charge in [0.05, 0.1) is 0 Å². The predicted octanol–water partition coefficient (Wildman–Crippen LogP) is 2.26. The summed E-state index contributed by atoms with van der Waals surface area (Å²) in [5.74, 6) is 0. The van der Waals surface area contributed by atoms with E-state index in [9.17, 15) is 0 Å². The van der Waals surface area contributed by atoms with Gasteiger partial charge >= 0.3 is 0 Å². The molecule has 2 nitrogen and oxygen atoms in total. The van der Waals surface area contributed by atoms with Crippen molar-refractivity contribution in [1.82, 2.24) is 5.32 Å². The quantitative estimate of drug-likeness (QED) is 0.761. The minimum atomic E-state index is 0.453. The van der Waals surface area contributed by atoms with E-state index in [0.717, 1.165) is 25.9 Å². The highest BCUT2D eigenvalue weighted by molar-refractivity contribution is 5.65. The summed E-state index contributed by atoms with van der Waals surface area (Å²) in [6.07, 6.45) is 4.47. The molecule has 2 heteroatoms. The maximum atomic E-state index is 5.50. The third-order valence-corrected chi connectivity index (χ3v) is 3.42. The van der Waals surface area contributed by atoms with Gasteiger partial charge in [-0.1, -0.05) is 29.8 Å². The molecule has 17 heavy (non-hydrogen) atoms. The zero-order chi connectivity index (χ0) is 12.3. The van der Waals surface area contributed by atoms with Crippen LogP contribution in [0, 0.1) is 6.92 Å². The number of nitrogens with two attached hydrogens (primary N) is 1. The SMILES string of the molecule is Cc1ccc2c(c1)C=C(C(C)NCCCN)C2. The van der Waals surface area contributed by atoms with E-state index in [1.54, 1.807) is 0 Å². The standard InChI is InChI=1S/C15H22N2/c1-11-4-5-13-9-14(10-15(13)8-11)12(2)17-7-3-6-16/h4-5,8,10,12,17H,3,6-7,9,16H2,1-2H3. The summed E-state index contributed by atoms with van der Waals surface area (Å²) in [7, 11) is 0. The maximum absolute atomic E-state index is 5.50. The minimum absolute atomic E-state index is 0.453. The van der Waals surface area contributed by atoms with Crippen molar-refractivity contribution in [3.63, 3.8) is 0 Å². The first-order valence-electron chi connectivity index (χ1n) is 6.44. The number of aryl methyl sites for hydroxylation is 1. The molecule has 1 aromatic rings. The summed E-state index contributed by atoms with van der Waals surface area (Å²) in [6.45, 7) is 6.15. The van der Waals surface area contributed by atoms with Crippen LogP contribution in [0.4, 0.5) is 0 Å². The Morgan fingerprint density at radius 1 is 1.41 bits per heavy atom. The topological polar surface area (TPSA) is 38.0 Å². The number of rotatable bonds is 5. The molecule has 0 saturated heterocycles. The molecule has 0 fully saturated rings. The lowest BCUT2D eigenvalue weighted by atomic mass is 10.0. The molecule has 0 aliphatic heterocycles. The third kappa shape index (κ3) is 2.96. The largest absolute Gasteiger partial charge is 0.330 e. The maximum Gasteiger partial charge on any atom is 0.0257 e. The van der Waals surface area contributed by atoms with Crippen LogP contribution in [-0.2, 0) is 6.42 Å². The second-order valence-electron chi connectivity index (χ2n) is 4.92. The van der Waals surface area contributed by atoms with Gasteiger partial charge < -0.3 is 11.1 Å². The molecular formula is C15H22N2. The van der Waals surface area contributed by atoms with Gasteiger partial charge in [0.15, 0.2) is 0 Å². The Bertz CT molecular complexity index is 421. The van der Waals surface area contributed by atoms with E-state index in [0.29, 0.717) is 6.04 Å². The molecule has 0 aromatic heterocycles. The molecule has 0 spiro atoms. The molecule has 92 valence electrons. The lowest BCUT2D eigenvalue weighted by molar-refractivity contribution is 0.587. The normalized spacial score (nSPS) is 15.6. The van der Waals surface area contributed by atoms with Gasteiger partial charge in [-0.25, -0.2) is 0 Å². The first kappa shape index (κ1) is 12.3. The predicted molar refractivity (Wildman–Crippen MR) is 74.0 cm³/mol. The smallest absolute Gasteiger partial charge is 0.0257 e. The van der Waals surface area contributed by atoms with Crippen LogP contribution < -0.4 is 11.1 Å². The highest BCUT2D eigenvalue weighted by atomic mass is 14.9. The highest BCUT2D eigenvalue weighted by Crippen LogP contribution is 2.27. The summed E-state index contributed by atoms with van der Waals surface area (Å²) in [6, 6.07) is 7.17. The van der Waals surface area contributed by atoms with Gasteiger partial charge in [0.1, 0.15) is 0 Å². The Kier molecular flexibility index (Phi) is 3.97. The van der Waals surface area contributed by atoms with E-state index in [4.69, 9.17) is 5.73 Å². The Morgan fingerprint density at radius 3 is 3.00 bits per heavy atom. The van der Waals surface area contributed by atoms with Crippen LogP contribution in [0.25, 0.3) is 6.08 Å². The van der Waals surface area contributed by atoms with Gasteiger partial charge in [-0.2, -0.15) is 0 Å². The van der Waals surface area contributed by atoms with Crippen LogP contribution in [0.5, 0.6) is 0 Å². The zero-order valence-electron chi connectivity index (χ0n) is 10.8. The van der Waals surface area contributed by atoms with Crippen LogP contribution >= 0.6 is 0 Å². The molecule has 0 bridgehead atoms. The molecule has 1 unspecified atom stereocenters. The minimum Gasteiger partial charge on any atom is -0.330 e. The fraction of sp³-hybridized carbons (Fsp3) is 0.467. The van der Waals surface area contributed by atoms with Gasteiger partial charge in [0.2, 0.25) is 0 Å². The van der Waals surface area contributed by atoms with Crippen LogP contribution in [0.3, 0.4) is 0 Å². The fourth-order valence-electron chi connectivity index (χ4n) is 2.31. The molecule has 0 saturated carbocycles. The number of fused-ring (bicyclic) bond motifs is 1.